The van der Waals surface area contributed by atoms with Gasteiger partial charge in [-0.05, 0) is 38.8 Å². The van der Waals surface area contributed by atoms with E-state index in [-0.39, 0.29) is 18.6 Å². The molecule has 2 N–H and O–H groups in total. The maximum atomic E-state index is 12.3. The number of aliphatic hydroxyl groups excluding tert-OH is 1. The summed E-state index contributed by atoms with van der Waals surface area (Å²) in [6.07, 6.45) is 1.35. The molecule has 0 radical (unpaired) electrons. The van der Waals surface area contributed by atoms with E-state index in [4.69, 9.17) is 9.52 Å². The molecule has 6 heteroatoms. The van der Waals surface area contributed by atoms with Crippen LogP contribution in [0.15, 0.2) is 16.5 Å². The Morgan fingerprint density at radius 3 is 2.81 bits per heavy atom. The summed E-state index contributed by atoms with van der Waals surface area (Å²) < 4.78 is 5.54. The SMILES string of the molecule is CCC(CCO)NC(=O)c1sc(-c2ccc(C)o2)nc1C. The van der Waals surface area contributed by atoms with Crippen LogP contribution in [0, 0.1) is 13.8 Å². The van der Waals surface area contributed by atoms with E-state index in [9.17, 15) is 4.79 Å². The molecule has 0 saturated carbocycles. The molecule has 2 heterocycles. The highest BCUT2D eigenvalue weighted by Crippen LogP contribution is 2.29. The predicted octanol–water partition coefficient (Wildman–Crippen LogP) is 2.91. The first-order valence-electron chi connectivity index (χ1n) is 7.01. The lowest BCUT2D eigenvalue weighted by atomic mass is 10.1. The van der Waals surface area contributed by atoms with Gasteiger partial charge in [0.2, 0.25) is 0 Å². The van der Waals surface area contributed by atoms with Gasteiger partial charge in [0.1, 0.15) is 10.6 Å². The number of nitrogens with zero attached hydrogens (tertiary/aromatic N) is 1. The molecule has 0 bridgehead atoms. The van der Waals surface area contributed by atoms with Crippen molar-refractivity contribution in [2.24, 2.45) is 0 Å². The third-order valence-corrected chi connectivity index (χ3v) is 4.43. The average Bonchev–Trinajstić information content (AvgIpc) is 3.04. The number of amides is 1. The summed E-state index contributed by atoms with van der Waals surface area (Å²) in [7, 11) is 0. The maximum Gasteiger partial charge on any atom is 0.263 e. The van der Waals surface area contributed by atoms with Crippen LogP contribution in [0.3, 0.4) is 0 Å². The number of rotatable bonds is 6. The topological polar surface area (TPSA) is 75.4 Å². The van der Waals surface area contributed by atoms with E-state index in [1.165, 1.54) is 11.3 Å². The van der Waals surface area contributed by atoms with E-state index in [0.717, 1.165) is 12.2 Å². The van der Waals surface area contributed by atoms with E-state index >= 15 is 0 Å². The fourth-order valence-corrected chi connectivity index (χ4v) is 2.98. The van der Waals surface area contributed by atoms with Crippen LogP contribution in [-0.2, 0) is 0 Å². The molecule has 2 aromatic rings. The van der Waals surface area contributed by atoms with Crippen molar-refractivity contribution in [3.05, 3.63) is 28.5 Å². The number of thiazole rings is 1. The Morgan fingerprint density at radius 1 is 1.48 bits per heavy atom. The molecule has 1 unspecified atom stereocenters. The Hall–Kier alpha value is -1.66. The van der Waals surface area contributed by atoms with Crippen molar-refractivity contribution in [1.29, 1.82) is 0 Å². The average molecular weight is 308 g/mol. The molecule has 2 rings (SSSR count). The number of carbonyl (C=O) groups is 1. The lowest BCUT2D eigenvalue weighted by Gasteiger charge is -2.14. The van der Waals surface area contributed by atoms with E-state index in [2.05, 4.69) is 10.3 Å². The minimum Gasteiger partial charge on any atom is -0.459 e. The highest BCUT2D eigenvalue weighted by atomic mass is 32.1. The molecule has 0 aromatic carbocycles. The van der Waals surface area contributed by atoms with Gasteiger partial charge in [-0.2, -0.15) is 0 Å². The van der Waals surface area contributed by atoms with Gasteiger partial charge < -0.3 is 14.8 Å². The number of hydrogen-bond donors (Lipinski definition) is 2. The second-order valence-electron chi connectivity index (χ2n) is 4.93. The highest BCUT2D eigenvalue weighted by Gasteiger charge is 2.19. The van der Waals surface area contributed by atoms with Crippen molar-refractivity contribution in [3.63, 3.8) is 0 Å². The zero-order valence-corrected chi connectivity index (χ0v) is 13.3. The summed E-state index contributed by atoms with van der Waals surface area (Å²) >= 11 is 1.33. The lowest BCUT2D eigenvalue weighted by molar-refractivity contribution is 0.0932. The summed E-state index contributed by atoms with van der Waals surface area (Å²) in [6.45, 7) is 5.74. The molecular formula is C15H20N2O3S. The van der Waals surface area contributed by atoms with Crippen molar-refractivity contribution < 1.29 is 14.3 Å². The third-order valence-electron chi connectivity index (χ3n) is 3.26. The van der Waals surface area contributed by atoms with Crippen molar-refractivity contribution in [3.8, 4) is 10.8 Å². The van der Waals surface area contributed by atoms with Gasteiger partial charge in [-0.3, -0.25) is 4.79 Å². The molecule has 0 fully saturated rings. The van der Waals surface area contributed by atoms with Crippen LogP contribution in [-0.4, -0.2) is 28.6 Å². The van der Waals surface area contributed by atoms with E-state index in [1.54, 1.807) is 0 Å². The van der Waals surface area contributed by atoms with E-state index < -0.39 is 0 Å². The van der Waals surface area contributed by atoms with Crippen LogP contribution >= 0.6 is 11.3 Å². The van der Waals surface area contributed by atoms with Crippen LogP contribution in [0.25, 0.3) is 10.8 Å². The summed E-state index contributed by atoms with van der Waals surface area (Å²) in [6, 6.07) is 3.72. The van der Waals surface area contributed by atoms with Gasteiger partial charge in [-0.25, -0.2) is 4.98 Å². The Morgan fingerprint density at radius 2 is 2.24 bits per heavy atom. The Balaban J connectivity index is 2.16. The standard InChI is InChI=1S/C15H20N2O3S/c1-4-11(7-8-18)17-14(19)13-10(3)16-15(21-13)12-6-5-9(2)20-12/h5-6,11,18H,4,7-8H2,1-3H3,(H,17,19). The first kappa shape index (κ1) is 15.7. The number of furan rings is 1. The maximum absolute atomic E-state index is 12.3. The number of aryl methyl sites for hydroxylation is 2. The molecular weight excluding hydrogens is 288 g/mol. The molecule has 0 spiro atoms. The molecule has 5 nitrogen and oxygen atoms in total. The van der Waals surface area contributed by atoms with E-state index in [1.807, 2.05) is 32.9 Å². The molecule has 1 amide bonds. The first-order chi connectivity index (χ1) is 10.0. The third kappa shape index (κ3) is 3.71. The molecule has 0 aliphatic rings. The Labute approximate surface area is 128 Å². The van der Waals surface area contributed by atoms with Crippen molar-refractivity contribution in [2.75, 3.05) is 6.61 Å². The molecule has 21 heavy (non-hydrogen) atoms. The van der Waals surface area contributed by atoms with E-state index in [0.29, 0.717) is 27.8 Å². The van der Waals surface area contributed by atoms with Crippen molar-refractivity contribution in [1.82, 2.24) is 10.3 Å². The Kier molecular flexibility index (Phi) is 5.14. The zero-order valence-electron chi connectivity index (χ0n) is 12.5. The number of carbonyl (C=O) groups excluding carboxylic acids is 1. The van der Waals surface area contributed by atoms with Gasteiger partial charge >= 0.3 is 0 Å². The van der Waals surface area contributed by atoms with Gasteiger partial charge in [-0.1, -0.05) is 6.92 Å². The van der Waals surface area contributed by atoms with Gasteiger partial charge in [0.15, 0.2) is 10.8 Å². The Bertz CT molecular complexity index is 618. The van der Waals surface area contributed by atoms with Crippen LogP contribution in [0.4, 0.5) is 0 Å². The second kappa shape index (κ2) is 6.87. The van der Waals surface area contributed by atoms with Crippen LogP contribution in [0.1, 0.15) is 40.9 Å². The molecule has 114 valence electrons. The molecule has 2 aromatic heterocycles. The van der Waals surface area contributed by atoms with Gasteiger partial charge in [0, 0.05) is 12.6 Å². The van der Waals surface area contributed by atoms with Crippen LogP contribution < -0.4 is 5.32 Å². The fraction of sp³-hybridized carbons (Fsp3) is 0.467. The summed E-state index contributed by atoms with van der Waals surface area (Å²) in [4.78, 5) is 17.3. The highest BCUT2D eigenvalue weighted by molar-refractivity contribution is 7.17. The number of aliphatic hydroxyl groups is 1. The second-order valence-corrected chi connectivity index (χ2v) is 5.93. The minimum absolute atomic E-state index is 0.0155. The van der Waals surface area contributed by atoms with Gasteiger partial charge in [0.05, 0.1) is 5.69 Å². The molecule has 1 atom stereocenters. The van der Waals surface area contributed by atoms with Gasteiger partial charge in [-0.15, -0.1) is 11.3 Å². The number of aromatic nitrogens is 1. The normalized spacial score (nSPS) is 12.4. The largest absolute Gasteiger partial charge is 0.459 e. The van der Waals surface area contributed by atoms with Crippen LogP contribution in [0.2, 0.25) is 0 Å². The quantitative estimate of drug-likeness (QED) is 0.860. The molecule has 0 aliphatic carbocycles. The number of hydrogen-bond acceptors (Lipinski definition) is 5. The smallest absolute Gasteiger partial charge is 0.263 e. The monoisotopic (exact) mass is 308 g/mol. The lowest BCUT2D eigenvalue weighted by Crippen LogP contribution is -2.34. The molecule has 0 aliphatic heterocycles. The van der Waals surface area contributed by atoms with Gasteiger partial charge in [0.25, 0.3) is 5.91 Å². The predicted molar refractivity (Wildman–Crippen MR) is 82.5 cm³/mol. The first-order valence-corrected chi connectivity index (χ1v) is 7.82. The molecule has 0 saturated heterocycles. The summed E-state index contributed by atoms with van der Waals surface area (Å²) in [5, 5.41) is 12.6. The number of nitrogens with one attached hydrogen (secondary N) is 1. The summed E-state index contributed by atoms with van der Waals surface area (Å²) in [5.41, 5.74) is 0.695. The van der Waals surface area contributed by atoms with Crippen molar-refractivity contribution in [2.45, 2.75) is 39.7 Å². The minimum atomic E-state index is -0.139. The fourth-order valence-electron chi connectivity index (χ4n) is 2.05. The van der Waals surface area contributed by atoms with Crippen molar-refractivity contribution >= 4 is 17.2 Å². The summed E-state index contributed by atoms with van der Waals surface area (Å²) in [5.74, 6) is 1.36. The van der Waals surface area contributed by atoms with Crippen LogP contribution in [0.5, 0.6) is 0 Å². The zero-order chi connectivity index (χ0) is 15.4.